The fourth-order valence-corrected chi connectivity index (χ4v) is 2.48. The molecule has 0 radical (unpaired) electrons. The first-order chi connectivity index (χ1) is 12.9. The van der Waals surface area contributed by atoms with Crippen LogP contribution < -0.4 is 25.8 Å². The number of halogens is 2. The number of methoxy groups -OCH3 is 2. The summed E-state index contributed by atoms with van der Waals surface area (Å²) >= 11 is 11.7. The van der Waals surface area contributed by atoms with Crippen molar-refractivity contribution in [2.75, 3.05) is 32.6 Å². The molecule has 0 saturated carbocycles. The molecule has 2 aromatic rings. The van der Waals surface area contributed by atoms with Gasteiger partial charge in [-0.2, -0.15) is 0 Å². The third-order valence-corrected chi connectivity index (χ3v) is 4.26. The average Bonchev–Trinajstić information content (AvgIpc) is 2.67. The molecule has 27 heavy (non-hydrogen) atoms. The predicted octanol–water partition coefficient (Wildman–Crippen LogP) is 3.17. The molecule has 0 atom stereocenters. The summed E-state index contributed by atoms with van der Waals surface area (Å²) in [6.45, 7) is 0.618. The van der Waals surface area contributed by atoms with Gasteiger partial charge >= 0.3 is 0 Å². The van der Waals surface area contributed by atoms with Crippen LogP contribution in [0.1, 0.15) is 10.4 Å². The van der Waals surface area contributed by atoms with Crippen molar-refractivity contribution in [3.05, 3.63) is 52.0 Å². The molecule has 0 aliphatic heterocycles. The summed E-state index contributed by atoms with van der Waals surface area (Å²) in [5, 5.41) is 6.40. The zero-order valence-electron chi connectivity index (χ0n) is 14.9. The molecule has 1 amide bonds. The highest BCUT2D eigenvalue weighted by atomic mass is 35.5. The minimum atomic E-state index is -0.268. The molecular formula is C18H20Cl2N4O3. The largest absolute Gasteiger partial charge is 0.493 e. The van der Waals surface area contributed by atoms with Gasteiger partial charge in [-0.3, -0.25) is 9.79 Å². The van der Waals surface area contributed by atoms with Crippen LogP contribution in [0.2, 0.25) is 10.0 Å². The summed E-state index contributed by atoms with van der Waals surface area (Å²) in [7, 11) is 3.11. The number of carbonyl (C=O) groups is 1. The Bertz CT molecular complexity index is 843. The van der Waals surface area contributed by atoms with Crippen molar-refractivity contribution in [3.63, 3.8) is 0 Å². The number of benzene rings is 2. The second-order valence-electron chi connectivity index (χ2n) is 5.35. The number of nitrogens with zero attached hydrogens (tertiary/aromatic N) is 1. The molecule has 7 nitrogen and oxygen atoms in total. The van der Waals surface area contributed by atoms with Crippen molar-refractivity contribution >= 4 is 40.8 Å². The van der Waals surface area contributed by atoms with E-state index in [0.29, 0.717) is 45.9 Å². The minimum Gasteiger partial charge on any atom is -0.493 e. The van der Waals surface area contributed by atoms with Gasteiger partial charge in [0.2, 0.25) is 0 Å². The van der Waals surface area contributed by atoms with Crippen LogP contribution in [0.25, 0.3) is 0 Å². The molecule has 0 fully saturated rings. The van der Waals surface area contributed by atoms with Crippen LogP contribution in [-0.2, 0) is 0 Å². The van der Waals surface area contributed by atoms with E-state index in [0.717, 1.165) is 0 Å². The lowest BCUT2D eigenvalue weighted by atomic mass is 10.2. The highest BCUT2D eigenvalue weighted by Gasteiger charge is 2.08. The topological polar surface area (TPSA) is 98.0 Å². The maximum atomic E-state index is 12.0. The molecule has 9 heteroatoms. The number of amides is 1. The van der Waals surface area contributed by atoms with E-state index in [-0.39, 0.29) is 11.9 Å². The van der Waals surface area contributed by atoms with E-state index in [9.17, 15) is 4.79 Å². The molecule has 0 saturated heterocycles. The first kappa shape index (κ1) is 20.7. The maximum absolute atomic E-state index is 12.0. The molecule has 0 aliphatic carbocycles. The maximum Gasteiger partial charge on any atom is 0.251 e. The van der Waals surface area contributed by atoms with Crippen molar-refractivity contribution in [2.24, 2.45) is 10.7 Å². The van der Waals surface area contributed by atoms with Crippen molar-refractivity contribution in [2.45, 2.75) is 0 Å². The Morgan fingerprint density at radius 2 is 1.81 bits per heavy atom. The van der Waals surface area contributed by atoms with Gasteiger partial charge in [-0.05, 0) is 30.3 Å². The smallest absolute Gasteiger partial charge is 0.251 e. The van der Waals surface area contributed by atoms with Crippen LogP contribution in [-0.4, -0.2) is 39.2 Å². The standard InChI is InChI=1S/C18H20Cl2N4O3/c1-26-15-6-4-12(10-16(15)27-2)24-18(21)23-8-7-22-17(25)11-3-5-13(19)14(20)9-11/h3-6,9-10H,7-8H2,1-2H3,(H,22,25)(H3,21,23,24). The first-order valence-corrected chi connectivity index (χ1v) is 8.72. The normalized spacial score (nSPS) is 11.0. The van der Waals surface area contributed by atoms with Crippen LogP contribution in [0.5, 0.6) is 11.5 Å². The first-order valence-electron chi connectivity index (χ1n) is 7.96. The highest BCUT2D eigenvalue weighted by Crippen LogP contribution is 2.29. The molecule has 4 N–H and O–H groups in total. The van der Waals surface area contributed by atoms with E-state index in [1.165, 1.54) is 6.07 Å². The van der Waals surface area contributed by atoms with Gasteiger partial charge in [0, 0.05) is 23.9 Å². The van der Waals surface area contributed by atoms with Gasteiger partial charge in [0.15, 0.2) is 17.5 Å². The van der Waals surface area contributed by atoms with Crippen LogP contribution in [0.3, 0.4) is 0 Å². The molecule has 144 valence electrons. The third-order valence-electron chi connectivity index (χ3n) is 3.52. The van der Waals surface area contributed by atoms with Gasteiger partial charge in [0.25, 0.3) is 5.91 Å². The zero-order chi connectivity index (χ0) is 19.8. The van der Waals surface area contributed by atoms with E-state index >= 15 is 0 Å². The fourth-order valence-electron chi connectivity index (χ4n) is 2.19. The molecular weight excluding hydrogens is 391 g/mol. The van der Waals surface area contributed by atoms with Crippen molar-refractivity contribution < 1.29 is 14.3 Å². The summed E-state index contributed by atoms with van der Waals surface area (Å²) in [5.41, 5.74) is 6.98. The summed E-state index contributed by atoms with van der Waals surface area (Å²) in [6, 6.07) is 9.96. The number of guanidine groups is 1. The Kier molecular flexibility index (Phi) is 7.57. The number of ether oxygens (including phenoxy) is 2. The van der Waals surface area contributed by atoms with Crippen molar-refractivity contribution in [1.82, 2.24) is 5.32 Å². The molecule has 2 rings (SSSR count). The van der Waals surface area contributed by atoms with E-state index < -0.39 is 0 Å². The number of nitrogens with two attached hydrogens (primary N) is 1. The van der Waals surface area contributed by atoms with Gasteiger partial charge in [0.1, 0.15) is 0 Å². The number of hydrogen-bond acceptors (Lipinski definition) is 4. The lowest BCUT2D eigenvalue weighted by molar-refractivity contribution is 0.0955. The van der Waals surface area contributed by atoms with Crippen LogP contribution in [0.4, 0.5) is 5.69 Å². The Hall–Kier alpha value is -2.64. The summed E-state index contributed by atoms with van der Waals surface area (Å²) < 4.78 is 10.4. The van der Waals surface area contributed by atoms with Gasteiger partial charge in [0.05, 0.1) is 30.8 Å². The van der Waals surface area contributed by atoms with Crippen LogP contribution in [0, 0.1) is 0 Å². The van der Waals surface area contributed by atoms with Gasteiger partial charge < -0.3 is 25.8 Å². The van der Waals surface area contributed by atoms with Gasteiger partial charge in [-0.1, -0.05) is 23.2 Å². The summed E-state index contributed by atoms with van der Waals surface area (Å²) in [4.78, 5) is 16.2. The SMILES string of the molecule is COc1ccc(NC(N)=NCCNC(=O)c2ccc(Cl)c(Cl)c2)cc1OC. The van der Waals surface area contributed by atoms with E-state index in [4.69, 9.17) is 38.4 Å². The van der Waals surface area contributed by atoms with Crippen LogP contribution >= 0.6 is 23.2 Å². The Morgan fingerprint density at radius 3 is 2.48 bits per heavy atom. The third kappa shape index (κ3) is 5.94. The summed E-state index contributed by atoms with van der Waals surface area (Å²) in [5.74, 6) is 1.13. The van der Waals surface area contributed by atoms with E-state index in [1.807, 2.05) is 0 Å². The van der Waals surface area contributed by atoms with E-state index in [2.05, 4.69) is 15.6 Å². The zero-order valence-corrected chi connectivity index (χ0v) is 16.4. The fraction of sp³-hybridized carbons (Fsp3) is 0.222. The average molecular weight is 411 g/mol. The Morgan fingerprint density at radius 1 is 1.07 bits per heavy atom. The molecule has 0 aromatic heterocycles. The predicted molar refractivity (Wildman–Crippen MR) is 108 cm³/mol. The number of rotatable bonds is 7. The lowest BCUT2D eigenvalue weighted by Crippen LogP contribution is -2.28. The number of carbonyl (C=O) groups excluding carboxylic acids is 1. The Labute approximate surface area is 167 Å². The minimum absolute atomic E-state index is 0.214. The quantitative estimate of drug-likeness (QED) is 0.369. The highest BCUT2D eigenvalue weighted by molar-refractivity contribution is 6.42. The van der Waals surface area contributed by atoms with Crippen molar-refractivity contribution in [3.8, 4) is 11.5 Å². The second kappa shape index (κ2) is 9.89. The number of aliphatic imine (C=N–C) groups is 1. The second-order valence-corrected chi connectivity index (χ2v) is 6.16. The number of hydrogen-bond donors (Lipinski definition) is 3. The molecule has 0 bridgehead atoms. The summed E-state index contributed by atoms with van der Waals surface area (Å²) in [6.07, 6.45) is 0. The molecule has 0 spiro atoms. The number of nitrogens with one attached hydrogen (secondary N) is 2. The Balaban J connectivity index is 1.85. The lowest BCUT2D eigenvalue weighted by Gasteiger charge is -2.11. The molecule has 0 heterocycles. The van der Waals surface area contributed by atoms with Crippen LogP contribution in [0.15, 0.2) is 41.4 Å². The molecule has 0 unspecified atom stereocenters. The molecule has 2 aromatic carbocycles. The molecule has 0 aliphatic rings. The number of anilines is 1. The van der Waals surface area contributed by atoms with E-state index in [1.54, 1.807) is 44.6 Å². The monoisotopic (exact) mass is 410 g/mol. The van der Waals surface area contributed by atoms with Gasteiger partial charge in [-0.25, -0.2) is 0 Å². The van der Waals surface area contributed by atoms with Crippen molar-refractivity contribution in [1.29, 1.82) is 0 Å². The van der Waals surface area contributed by atoms with Gasteiger partial charge in [-0.15, -0.1) is 0 Å².